The van der Waals surface area contributed by atoms with Gasteiger partial charge in [0.1, 0.15) is 0 Å². The summed E-state index contributed by atoms with van der Waals surface area (Å²) in [6.45, 7) is 7.94. The highest BCUT2D eigenvalue weighted by Crippen LogP contribution is 2.27. The van der Waals surface area contributed by atoms with E-state index in [0.717, 1.165) is 33.1 Å². The molecule has 0 fully saturated rings. The van der Waals surface area contributed by atoms with Crippen LogP contribution in [0.5, 0.6) is 0 Å². The molecule has 164 valence electrons. The fourth-order valence-corrected chi connectivity index (χ4v) is 3.21. The van der Waals surface area contributed by atoms with Crippen molar-refractivity contribution in [2.45, 2.75) is 34.2 Å². The molecule has 2 heterocycles. The van der Waals surface area contributed by atoms with E-state index in [1.165, 1.54) is 0 Å². The number of hydrogen-bond acceptors (Lipinski definition) is 5. The molecule has 0 spiro atoms. The average molecular weight is 430 g/mol. The van der Waals surface area contributed by atoms with Gasteiger partial charge in [-0.15, -0.1) is 5.10 Å². The third-order valence-electron chi connectivity index (χ3n) is 5.21. The van der Waals surface area contributed by atoms with E-state index in [4.69, 9.17) is 0 Å². The van der Waals surface area contributed by atoms with E-state index in [2.05, 4.69) is 15.4 Å². The summed E-state index contributed by atoms with van der Waals surface area (Å²) in [5.41, 5.74) is 4.50. The third-order valence-corrected chi connectivity index (χ3v) is 5.21. The Morgan fingerprint density at radius 2 is 1.84 bits per heavy atom. The summed E-state index contributed by atoms with van der Waals surface area (Å²) in [4.78, 5) is 17.1. The molecule has 4 rings (SSSR count). The largest absolute Gasteiger partial charge is 0.325 e. The number of nitrogens with zero attached hydrogens (tertiary/aromatic N) is 4. The lowest BCUT2D eigenvalue weighted by atomic mass is 9.95. The summed E-state index contributed by atoms with van der Waals surface area (Å²) in [5, 5.41) is 19.1. The summed E-state index contributed by atoms with van der Waals surface area (Å²) in [7, 11) is 0. The molecular formula is C25H27N5O2. The minimum Gasteiger partial charge on any atom is -0.325 e. The zero-order chi connectivity index (χ0) is 22.9. The number of carbonyl (C=O) groups excluding carboxylic acids is 1. The molecule has 7 nitrogen and oxygen atoms in total. The standard InChI is InChI=1S/C25H27N5O2/c1-17-10-11-19(14-20(17)27-24(31)25(2,3)4)21-16-29-22(26-21)12-13-23(28-29)30(32)15-18-8-6-5-7-9-18/h5-14,16,32H,15H2,1-4H3,(H,27,31). The zero-order valence-electron chi connectivity index (χ0n) is 18.7. The first-order valence-corrected chi connectivity index (χ1v) is 10.5. The predicted octanol–water partition coefficient (Wildman–Crippen LogP) is 5.09. The Labute approximate surface area is 187 Å². The van der Waals surface area contributed by atoms with Gasteiger partial charge in [-0.1, -0.05) is 63.2 Å². The number of aromatic nitrogens is 3. The highest BCUT2D eigenvalue weighted by molar-refractivity contribution is 5.95. The van der Waals surface area contributed by atoms with Gasteiger partial charge in [-0.05, 0) is 36.2 Å². The molecule has 0 unspecified atom stereocenters. The van der Waals surface area contributed by atoms with Gasteiger partial charge in [-0.2, -0.15) is 0 Å². The molecule has 4 aromatic rings. The van der Waals surface area contributed by atoms with Crippen LogP contribution in [0.15, 0.2) is 66.9 Å². The first kappa shape index (κ1) is 21.5. The number of fused-ring (bicyclic) bond motifs is 1. The van der Waals surface area contributed by atoms with Gasteiger partial charge in [0, 0.05) is 16.7 Å². The molecule has 2 aromatic heterocycles. The van der Waals surface area contributed by atoms with Gasteiger partial charge in [0.25, 0.3) is 0 Å². The van der Waals surface area contributed by atoms with E-state index in [1.807, 2.05) is 88.5 Å². The van der Waals surface area contributed by atoms with Crippen molar-refractivity contribution in [2.24, 2.45) is 5.41 Å². The first-order valence-electron chi connectivity index (χ1n) is 10.5. The Hall–Kier alpha value is -3.71. The maximum Gasteiger partial charge on any atom is 0.229 e. The van der Waals surface area contributed by atoms with Crippen molar-refractivity contribution in [1.29, 1.82) is 0 Å². The fraction of sp³-hybridized carbons (Fsp3) is 0.240. The van der Waals surface area contributed by atoms with Crippen molar-refractivity contribution >= 4 is 23.1 Å². The van der Waals surface area contributed by atoms with Crippen LogP contribution in [-0.2, 0) is 11.3 Å². The van der Waals surface area contributed by atoms with Crippen LogP contribution in [-0.4, -0.2) is 25.7 Å². The number of hydrogen-bond donors (Lipinski definition) is 2. The third kappa shape index (κ3) is 4.63. The lowest BCUT2D eigenvalue weighted by molar-refractivity contribution is -0.123. The summed E-state index contributed by atoms with van der Waals surface area (Å²) in [6.07, 6.45) is 1.81. The van der Waals surface area contributed by atoms with Crippen molar-refractivity contribution in [3.8, 4) is 11.3 Å². The van der Waals surface area contributed by atoms with Gasteiger partial charge < -0.3 is 5.32 Å². The van der Waals surface area contributed by atoms with Gasteiger partial charge in [0.2, 0.25) is 5.91 Å². The Balaban J connectivity index is 1.60. The van der Waals surface area contributed by atoms with Crippen LogP contribution in [0.1, 0.15) is 31.9 Å². The number of imidazole rings is 1. The maximum atomic E-state index is 12.4. The highest BCUT2D eigenvalue weighted by atomic mass is 16.5. The van der Waals surface area contributed by atoms with Gasteiger partial charge in [-0.25, -0.2) is 14.6 Å². The molecule has 2 aromatic carbocycles. The first-order chi connectivity index (χ1) is 15.2. The molecular weight excluding hydrogens is 402 g/mol. The minimum atomic E-state index is -0.484. The topological polar surface area (TPSA) is 82.8 Å². The van der Waals surface area contributed by atoms with Crippen LogP contribution in [0.2, 0.25) is 0 Å². The SMILES string of the molecule is Cc1ccc(-c2cn3nc(N(O)Cc4ccccc4)ccc3n2)cc1NC(=O)C(C)(C)C. The average Bonchev–Trinajstić information content (AvgIpc) is 3.18. The lowest BCUT2D eigenvalue weighted by Gasteiger charge is -2.19. The normalized spacial score (nSPS) is 11.5. The van der Waals surface area contributed by atoms with Crippen LogP contribution in [0.3, 0.4) is 0 Å². The quantitative estimate of drug-likeness (QED) is 0.432. The van der Waals surface area contributed by atoms with Gasteiger partial charge in [-0.3, -0.25) is 10.0 Å². The Morgan fingerprint density at radius 1 is 1.09 bits per heavy atom. The second kappa shape index (κ2) is 8.43. The van der Waals surface area contributed by atoms with Gasteiger partial charge in [0.05, 0.1) is 18.4 Å². The smallest absolute Gasteiger partial charge is 0.229 e. The van der Waals surface area contributed by atoms with Crippen molar-refractivity contribution in [1.82, 2.24) is 14.6 Å². The Bertz CT molecular complexity index is 1260. The van der Waals surface area contributed by atoms with Crippen molar-refractivity contribution in [3.63, 3.8) is 0 Å². The number of rotatable bonds is 5. The van der Waals surface area contributed by atoms with Gasteiger partial charge >= 0.3 is 0 Å². The molecule has 0 aliphatic carbocycles. The molecule has 1 amide bonds. The van der Waals surface area contributed by atoms with E-state index >= 15 is 0 Å². The monoisotopic (exact) mass is 429 g/mol. The second-order valence-corrected chi connectivity index (χ2v) is 8.90. The summed E-state index contributed by atoms with van der Waals surface area (Å²) < 4.78 is 1.64. The van der Waals surface area contributed by atoms with E-state index < -0.39 is 5.41 Å². The Kier molecular flexibility index (Phi) is 5.67. The number of benzene rings is 2. The minimum absolute atomic E-state index is 0.0412. The van der Waals surface area contributed by atoms with Crippen molar-refractivity contribution in [3.05, 3.63) is 78.0 Å². The van der Waals surface area contributed by atoms with Crippen molar-refractivity contribution < 1.29 is 10.0 Å². The summed E-state index contributed by atoms with van der Waals surface area (Å²) in [6, 6.07) is 19.1. The fourth-order valence-electron chi connectivity index (χ4n) is 3.21. The van der Waals surface area contributed by atoms with Crippen LogP contribution < -0.4 is 10.4 Å². The zero-order valence-corrected chi connectivity index (χ0v) is 18.7. The second-order valence-electron chi connectivity index (χ2n) is 8.90. The molecule has 0 saturated heterocycles. The number of aryl methyl sites for hydroxylation is 1. The van der Waals surface area contributed by atoms with Crippen LogP contribution in [0, 0.1) is 12.3 Å². The molecule has 7 heteroatoms. The maximum absolute atomic E-state index is 12.4. The number of amides is 1. The van der Waals surface area contributed by atoms with Crippen LogP contribution in [0.4, 0.5) is 11.5 Å². The molecule has 2 N–H and O–H groups in total. The number of anilines is 2. The summed E-state index contributed by atoms with van der Waals surface area (Å²) in [5.74, 6) is 0.382. The number of carbonyl (C=O) groups is 1. The molecule has 0 aliphatic heterocycles. The molecule has 0 atom stereocenters. The van der Waals surface area contributed by atoms with E-state index in [1.54, 1.807) is 10.6 Å². The molecule has 32 heavy (non-hydrogen) atoms. The summed E-state index contributed by atoms with van der Waals surface area (Å²) >= 11 is 0. The lowest BCUT2D eigenvalue weighted by Crippen LogP contribution is -2.27. The van der Waals surface area contributed by atoms with Crippen LogP contribution >= 0.6 is 0 Å². The van der Waals surface area contributed by atoms with E-state index in [0.29, 0.717) is 18.0 Å². The highest BCUT2D eigenvalue weighted by Gasteiger charge is 2.22. The van der Waals surface area contributed by atoms with Crippen molar-refractivity contribution in [2.75, 3.05) is 10.4 Å². The predicted molar refractivity (Wildman–Crippen MR) is 126 cm³/mol. The Morgan fingerprint density at radius 3 is 2.56 bits per heavy atom. The van der Waals surface area contributed by atoms with E-state index in [-0.39, 0.29) is 5.91 Å². The van der Waals surface area contributed by atoms with E-state index in [9.17, 15) is 10.0 Å². The molecule has 0 radical (unpaired) electrons. The molecule has 0 bridgehead atoms. The molecule has 0 aliphatic rings. The number of nitrogens with one attached hydrogen (secondary N) is 1. The molecule has 0 saturated carbocycles. The van der Waals surface area contributed by atoms with Gasteiger partial charge in [0.15, 0.2) is 11.5 Å². The van der Waals surface area contributed by atoms with Crippen LogP contribution in [0.25, 0.3) is 16.9 Å². The number of hydroxylamine groups is 1.